The number of nitrogens with one attached hydrogen (secondary N) is 1. The van der Waals surface area contributed by atoms with Crippen LogP contribution in [0.3, 0.4) is 0 Å². The Kier molecular flexibility index (Phi) is 4.91. The van der Waals surface area contributed by atoms with Gasteiger partial charge in [-0.25, -0.2) is 13.2 Å². The lowest BCUT2D eigenvalue weighted by atomic mass is 10.1. The summed E-state index contributed by atoms with van der Waals surface area (Å²) in [5.41, 5.74) is 0.934. The number of aryl methyl sites for hydroxylation is 1. The largest absolute Gasteiger partial charge is 0.323 e. The van der Waals surface area contributed by atoms with Crippen LogP contribution in [0, 0.1) is 30.3 Å². The van der Waals surface area contributed by atoms with E-state index in [0.717, 1.165) is 11.6 Å². The van der Waals surface area contributed by atoms with E-state index in [1.165, 1.54) is 4.90 Å². The van der Waals surface area contributed by atoms with Crippen LogP contribution in [-0.4, -0.2) is 18.4 Å². The summed E-state index contributed by atoms with van der Waals surface area (Å²) < 4.78 is 39.9. The zero-order valence-electron chi connectivity index (χ0n) is 13.7. The molecule has 0 bridgehead atoms. The molecule has 1 fully saturated rings. The number of carbonyl (C=O) groups is 2. The molecule has 1 heterocycles. The lowest BCUT2D eigenvalue weighted by molar-refractivity contribution is -0.122. The van der Waals surface area contributed by atoms with Crippen molar-refractivity contribution < 1.29 is 22.8 Å². The van der Waals surface area contributed by atoms with Crippen LogP contribution in [0.2, 0.25) is 5.02 Å². The van der Waals surface area contributed by atoms with Gasteiger partial charge in [0.05, 0.1) is 11.6 Å². The number of anilines is 2. The maximum atomic E-state index is 13.7. The fourth-order valence-electron chi connectivity index (χ4n) is 2.74. The molecule has 2 aromatic carbocycles. The van der Waals surface area contributed by atoms with E-state index < -0.39 is 35.0 Å². The number of benzene rings is 2. The Labute approximate surface area is 152 Å². The maximum absolute atomic E-state index is 13.7. The summed E-state index contributed by atoms with van der Waals surface area (Å²) in [5.74, 6) is -6.18. The molecule has 1 atom stereocenters. The van der Waals surface area contributed by atoms with E-state index in [2.05, 4.69) is 5.32 Å². The second-order valence-electron chi connectivity index (χ2n) is 6.05. The van der Waals surface area contributed by atoms with Gasteiger partial charge in [0.1, 0.15) is 0 Å². The van der Waals surface area contributed by atoms with E-state index >= 15 is 0 Å². The molecule has 0 spiro atoms. The number of carbonyl (C=O) groups excluding carboxylic acids is 2. The van der Waals surface area contributed by atoms with E-state index in [0.29, 0.717) is 16.8 Å². The first-order valence-electron chi connectivity index (χ1n) is 7.79. The first kappa shape index (κ1) is 18.3. The second-order valence-corrected chi connectivity index (χ2v) is 6.46. The topological polar surface area (TPSA) is 49.4 Å². The monoisotopic (exact) mass is 382 g/mol. The van der Waals surface area contributed by atoms with Crippen molar-refractivity contribution >= 4 is 34.8 Å². The molecule has 0 aliphatic carbocycles. The van der Waals surface area contributed by atoms with Crippen molar-refractivity contribution in [2.75, 3.05) is 16.8 Å². The third-order valence-electron chi connectivity index (χ3n) is 4.26. The van der Waals surface area contributed by atoms with E-state index in [-0.39, 0.29) is 18.9 Å². The lowest BCUT2D eigenvalue weighted by Crippen LogP contribution is -2.28. The van der Waals surface area contributed by atoms with Crippen molar-refractivity contribution in [1.82, 2.24) is 0 Å². The summed E-state index contributed by atoms with van der Waals surface area (Å²) in [6, 6.07) is 6.75. The summed E-state index contributed by atoms with van der Waals surface area (Å²) in [7, 11) is 0. The van der Waals surface area contributed by atoms with E-state index in [1.807, 2.05) is 6.92 Å². The lowest BCUT2D eigenvalue weighted by Gasteiger charge is -2.17. The van der Waals surface area contributed by atoms with Gasteiger partial charge in [-0.05, 0) is 36.8 Å². The van der Waals surface area contributed by atoms with Gasteiger partial charge in [-0.3, -0.25) is 9.59 Å². The summed E-state index contributed by atoms with van der Waals surface area (Å²) in [6.07, 6.45) is -0.0807. The second kappa shape index (κ2) is 6.99. The van der Waals surface area contributed by atoms with Gasteiger partial charge in [-0.1, -0.05) is 17.7 Å². The minimum Gasteiger partial charge on any atom is -0.323 e. The van der Waals surface area contributed by atoms with Crippen molar-refractivity contribution in [2.45, 2.75) is 13.3 Å². The highest BCUT2D eigenvalue weighted by atomic mass is 35.5. The van der Waals surface area contributed by atoms with Crippen LogP contribution < -0.4 is 10.2 Å². The highest BCUT2D eigenvalue weighted by molar-refractivity contribution is 6.31. The number of amides is 2. The molecular formula is C18H14ClF3N2O2. The third kappa shape index (κ3) is 3.39. The van der Waals surface area contributed by atoms with Crippen molar-refractivity contribution in [2.24, 2.45) is 5.92 Å². The van der Waals surface area contributed by atoms with Crippen LogP contribution in [-0.2, 0) is 9.59 Å². The number of halogens is 4. The van der Waals surface area contributed by atoms with E-state index in [4.69, 9.17) is 11.6 Å². The average Bonchev–Trinajstić information content (AvgIpc) is 3.00. The van der Waals surface area contributed by atoms with Crippen LogP contribution in [0.1, 0.15) is 12.0 Å². The molecule has 8 heteroatoms. The number of hydrogen-bond donors (Lipinski definition) is 1. The summed E-state index contributed by atoms with van der Waals surface area (Å²) in [6.45, 7) is 1.90. The Bertz CT molecular complexity index is 904. The fraction of sp³-hybridized carbons (Fsp3) is 0.222. The Morgan fingerprint density at radius 2 is 1.92 bits per heavy atom. The molecule has 1 N–H and O–H groups in total. The minimum absolute atomic E-state index is 0.0787. The Balaban J connectivity index is 1.75. The normalized spacial score (nSPS) is 16.9. The Hall–Kier alpha value is -2.54. The molecule has 0 aromatic heterocycles. The molecule has 2 amide bonds. The molecule has 26 heavy (non-hydrogen) atoms. The predicted octanol–water partition coefficient (Wildman–Crippen LogP) is 4.06. The zero-order valence-corrected chi connectivity index (χ0v) is 14.4. The summed E-state index contributed by atoms with van der Waals surface area (Å²) in [4.78, 5) is 25.9. The summed E-state index contributed by atoms with van der Waals surface area (Å²) in [5, 5.41) is 2.70. The Morgan fingerprint density at radius 1 is 1.19 bits per heavy atom. The molecule has 3 rings (SSSR count). The molecule has 0 radical (unpaired) electrons. The van der Waals surface area contributed by atoms with Gasteiger partial charge in [0.2, 0.25) is 11.8 Å². The molecule has 1 aliphatic rings. The molecule has 0 saturated carbocycles. The maximum Gasteiger partial charge on any atom is 0.229 e. The van der Waals surface area contributed by atoms with E-state index in [9.17, 15) is 22.8 Å². The molecule has 1 aliphatic heterocycles. The van der Waals surface area contributed by atoms with Gasteiger partial charge >= 0.3 is 0 Å². The van der Waals surface area contributed by atoms with Gasteiger partial charge in [0.15, 0.2) is 17.5 Å². The number of rotatable bonds is 3. The predicted molar refractivity (Wildman–Crippen MR) is 91.6 cm³/mol. The standard InChI is InChI=1S/C18H14ClF3N2O2/c1-9-2-3-11(7-12(9)19)24-8-10(6-15(24)25)18(26)23-14-5-4-13(20)16(21)17(14)22/h2-5,7,10H,6,8H2,1H3,(H,23,26). The number of hydrogen-bond acceptors (Lipinski definition) is 2. The number of nitrogens with zero attached hydrogens (tertiary/aromatic N) is 1. The smallest absolute Gasteiger partial charge is 0.229 e. The van der Waals surface area contributed by atoms with Crippen molar-refractivity contribution in [3.05, 3.63) is 58.4 Å². The molecular weight excluding hydrogens is 369 g/mol. The van der Waals surface area contributed by atoms with Crippen LogP contribution in [0.4, 0.5) is 24.5 Å². The highest BCUT2D eigenvalue weighted by Gasteiger charge is 2.35. The third-order valence-corrected chi connectivity index (χ3v) is 4.66. The molecule has 4 nitrogen and oxygen atoms in total. The van der Waals surface area contributed by atoms with Crippen LogP contribution >= 0.6 is 11.6 Å². The van der Waals surface area contributed by atoms with Gasteiger partial charge in [-0.2, -0.15) is 0 Å². The van der Waals surface area contributed by atoms with Crippen LogP contribution in [0.15, 0.2) is 30.3 Å². The van der Waals surface area contributed by atoms with Gasteiger partial charge < -0.3 is 10.2 Å². The molecule has 1 saturated heterocycles. The SMILES string of the molecule is Cc1ccc(N2CC(C(=O)Nc3ccc(F)c(F)c3F)CC2=O)cc1Cl. The van der Waals surface area contributed by atoms with Gasteiger partial charge in [0.25, 0.3) is 0 Å². The van der Waals surface area contributed by atoms with Gasteiger partial charge in [-0.15, -0.1) is 0 Å². The van der Waals surface area contributed by atoms with Gasteiger partial charge in [0, 0.05) is 23.7 Å². The fourth-order valence-corrected chi connectivity index (χ4v) is 2.91. The first-order chi connectivity index (χ1) is 12.3. The molecule has 1 unspecified atom stereocenters. The van der Waals surface area contributed by atoms with Crippen molar-refractivity contribution in [3.8, 4) is 0 Å². The Morgan fingerprint density at radius 3 is 2.62 bits per heavy atom. The highest BCUT2D eigenvalue weighted by Crippen LogP contribution is 2.30. The zero-order chi connectivity index (χ0) is 19.0. The molecule has 136 valence electrons. The van der Waals surface area contributed by atoms with Crippen molar-refractivity contribution in [1.29, 1.82) is 0 Å². The van der Waals surface area contributed by atoms with E-state index in [1.54, 1.807) is 18.2 Å². The first-order valence-corrected chi connectivity index (χ1v) is 8.16. The summed E-state index contributed by atoms with van der Waals surface area (Å²) >= 11 is 6.07. The average molecular weight is 383 g/mol. The molecule has 2 aromatic rings. The van der Waals surface area contributed by atoms with Crippen LogP contribution in [0.25, 0.3) is 0 Å². The quantitative estimate of drug-likeness (QED) is 0.814. The van der Waals surface area contributed by atoms with Crippen molar-refractivity contribution in [3.63, 3.8) is 0 Å². The van der Waals surface area contributed by atoms with Crippen LogP contribution in [0.5, 0.6) is 0 Å². The minimum atomic E-state index is -1.67.